The first-order valence-corrected chi connectivity index (χ1v) is 5.22. The molecule has 0 aromatic carbocycles. The van der Waals surface area contributed by atoms with E-state index >= 15 is 0 Å². The van der Waals surface area contributed by atoms with Gasteiger partial charge in [0.05, 0.1) is 19.3 Å². The quantitative estimate of drug-likeness (QED) is 0.621. The first kappa shape index (κ1) is 12.7. The Morgan fingerprint density at radius 1 is 1.44 bits per heavy atom. The van der Waals surface area contributed by atoms with Crippen molar-refractivity contribution in [2.75, 3.05) is 37.5 Å². The lowest BCUT2D eigenvalue weighted by Crippen LogP contribution is -2.29. The van der Waals surface area contributed by atoms with Crippen LogP contribution in [-0.4, -0.2) is 48.0 Å². The molecule has 0 saturated heterocycles. The summed E-state index contributed by atoms with van der Waals surface area (Å²) in [6, 6.07) is 1.64. The highest BCUT2D eigenvalue weighted by molar-refractivity contribution is 5.46. The van der Waals surface area contributed by atoms with Crippen molar-refractivity contribution in [3.05, 3.63) is 12.4 Å². The first-order chi connectivity index (χ1) is 7.80. The summed E-state index contributed by atoms with van der Waals surface area (Å²) in [5, 5.41) is 15.2. The number of aliphatic hydroxyl groups is 1. The van der Waals surface area contributed by atoms with Gasteiger partial charge in [-0.25, -0.2) is 9.97 Å². The molecule has 6 nitrogen and oxygen atoms in total. The number of rotatable bonds is 7. The molecule has 3 N–H and O–H groups in total. The zero-order chi connectivity index (χ0) is 11.8. The molecule has 1 atom stereocenters. The Kier molecular flexibility index (Phi) is 5.52. The van der Waals surface area contributed by atoms with Crippen molar-refractivity contribution < 1.29 is 9.84 Å². The van der Waals surface area contributed by atoms with Gasteiger partial charge in [0.15, 0.2) is 0 Å². The van der Waals surface area contributed by atoms with Crippen molar-refractivity contribution in [3.8, 4) is 0 Å². The highest BCUT2D eigenvalue weighted by Crippen LogP contribution is 2.09. The van der Waals surface area contributed by atoms with Gasteiger partial charge in [-0.1, -0.05) is 0 Å². The molecule has 90 valence electrons. The number of aliphatic hydroxyl groups excluding tert-OH is 1. The van der Waals surface area contributed by atoms with Crippen molar-refractivity contribution in [2.24, 2.45) is 0 Å². The summed E-state index contributed by atoms with van der Waals surface area (Å²) in [6.45, 7) is 3.22. The van der Waals surface area contributed by atoms with E-state index in [1.165, 1.54) is 6.33 Å². The van der Waals surface area contributed by atoms with Gasteiger partial charge in [-0.05, 0) is 6.92 Å². The molecule has 0 fully saturated rings. The van der Waals surface area contributed by atoms with Crippen LogP contribution in [0.5, 0.6) is 0 Å². The van der Waals surface area contributed by atoms with Crippen LogP contribution in [0.2, 0.25) is 0 Å². The molecular weight excluding hydrogens is 208 g/mol. The van der Waals surface area contributed by atoms with Gasteiger partial charge in [0.1, 0.15) is 18.0 Å². The van der Waals surface area contributed by atoms with Gasteiger partial charge in [0.2, 0.25) is 0 Å². The number of anilines is 2. The van der Waals surface area contributed by atoms with E-state index in [-0.39, 0.29) is 12.6 Å². The third-order valence-electron chi connectivity index (χ3n) is 1.97. The SMILES string of the molecule is CCNc1cc(NC(CO)COC)ncn1. The second-order valence-corrected chi connectivity index (χ2v) is 3.30. The van der Waals surface area contributed by atoms with Crippen LogP contribution in [-0.2, 0) is 4.74 Å². The maximum Gasteiger partial charge on any atom is 0.131 e. The minimum absolute atomic E-state index is 0.00557. The van der Waals surface area contributed by atoms with Gasteiger partial charge in [-0.2, -0.15) is 0 Å². The minimum atomic E-state index is -0.158. The topological polar surface area (TPSA) is 79.3 Å². The van der Waals surface area contributed by atoms with Crippen molar-refractivity contribution in [2.45, 2.75) is 13.0 Å². The molecule has 6 heteroatoms. The van der Waals surface area contributed by atoms with Gasteiger partial charge in [-0.15, -0.1) is 0 Å². The largest absolute Gasteiger partial charge is 0.394 e. The molecule has 1 aromatic heterocycles. The first-order valence-electron chi connectivity index (χ1n) is 5.22. The second kappa shape index (κ2) is 6.97. The zero-order valence-corrected chi connectivity index (χ0v) is 9.60. The number of hydrogen-bond acceptors (Lipinski definition) is 6. The van der Waals surface area contributed by atoms with E-state index in [1.54, 1.807) is 13.2 Å². The van der Waals surface area contributed by atoms with Crippen molar-refractivity contribution in [1.82, 2.24) is 9.97 Å². The van der Waals surface area contributed by atoms with Gasteiger partial charge in [0, 0.05) is 19.7 Å². The van der Waals surface area contributed by atoms with Crippen molar-refractivity contribution >= 4 is 11.6 Å². The zero-order valence-electron chi connectivity index (χ0n) is 9.60. The number of aromatic nitrogens is 2. The fraction of sp³-hybridized carbons (Fsp3) is 0.600. The van der Waals surface area contributed by atoms with Gasteiger partial charge in [0.25, 0.3) is 0 Å². The third kappa shape index (κ3) is 4.00. The highest BCUT2D eigenvalue weighted by Gasteiger charge is 2.07. The Hall–Kier alpha value is -1.40. The van der Waals surface area contributed by atoms with Gasteiger partial charge >= 0.3 is 0 Å². The number of nitrogens with zero attached hydrogens (tertiary/aromatic N) is 2. The monoisotopic (exact) mass is 226 g/mol. The molecule has 1 unspecified atom stereocenters. The summed E-state index contributed by atoms with van der Waals surface area (Å²) < 4.78 is 4.96. The van der Waals surface area contributed by atoms with Crippen LogP contribution >= 0.6 is 0 Å². The summed E-state index contributed by atoms with van der Waals surface area (Å²) in [7, 11) is 1.59. The molecule has 0 amide bonds. The Morgan fingerprint density at radius 3 is 2.81 bits per heavy atom. The Labute approximate surface area is 95.1 Å². The summed E-state index contributed by atoms with van der Waals surface area (Å²) in [6.07, 6.45) is 1.47. The average molecular weight is 226 g/mol. The van der Waals surface area contributed by atoms with E-state index in [1.807, 2.05) is 6.92 Å². The minimum Gasteiger partial charge on any atom is -0.394 e. The van der Waals surface area contributed by atoms with Crippen LogP contribution in [0.25, 0.3) is 0 Å². The Balaban J connectivity index is 2.60. The fourth-order valence-corrected chi connectivity index (χ4v) is 1.26. The molecular formula is C10H18N4O2. The van der Waals surface area contributed by atoms with E-state index in [4.69, 9.17) is 9.84 Å². The molecule has 16 heavy (non-hydrogen) atoms. The molecule has 0 aliphatic carbocycles. The number of ether oxygens (including phenoxy) is 1. The van der Waals surface area contributed by atoms with E-state index in [9.17, 15) is 0 Å². The number of methoxy groups -OCH3 is 1. The maximum absolute atomic E-state index is 9.09. The van der Waals surface area contributed by atoms with E-state index in [0.717, 1.165) is 12.4 Å². The predicted molar refractivity (Wildman–Crippen MR) is 62.6 cm³/mol. The lowest BCUT2D eigenvalue weighted by atomic mass is 10.3. The fourth-order valence-electron chi connectivity index (χ4n) is 1.26. The lowest BCUT2D eigenvalue weighted by molar-refractivity contribution is 0.153. The summed E-state index contributed by atoms with van der Waals surface area (Å²) in [4.78, 5) is 8.12. The molecule has 1 heterocycles. The number of nitrogens with one attached hydrogen (secondary N) is 2. The maximum atomic E-state index is 9.09. The molecule has 1 rings (SSSR count). The normalized spacial score (nSPS) is 12.2. The van der Waals surface area contributed by atoms with E-state index in [2.05, 4.69) is 20.6 Å². The summed E-state index contributed by atoms with van der Waals surface area (Å²) in [5.41, 5.74) is 0. The molecule has 0 aliphatic rings. The van der Waals surface area contributed by atoms with Crippen molar-refractivity contribution in [1.29, 1.82) is 0 Å². The molecule has 0 saturated carbocycles. The smallest absolute Gasteiger partial charge is 0.131 e. The van der Waals surface area contributed by atoms with Crippen LogP contribution in [0.3, 0.4) is 0 Å². The molecule has 0 bridgehead atoms. The van der Waals surface area contributed by atoms with E-state index < -0.39 is 0 Å². The second-order valence-electron chi connectivity index (χ2n) is 3.30. The standard InChI is InChI=1S/C10H18N4O2/c1-3-11-9-4-10(13-7-12-9)14-8(5-15)6-16-2/h4,7-8,15H,3,5-6H2,1-2H3,(H2,11,12,13,14). The van der Waals surface area contributed by atoms with Gasteiger partial charge < -0.3 is 20.5 Å². The predicted octanol–water partition coefficient (Wildman–Crippen LogP) is 0.328. The summed E-state index contributed by atoms with van der Waals surface area (Å²) in [5.74, 6) is 1.43. The Bertz CT molecular complexity index is 309. The van der Waals surface area contributed by atoms with E-state index in [0.29, 0.717) is 12.4 Å². The summed E-state index contributed by atoms with van der Waals surface area (Å²) >= 11 is 0. The molecule has 0 radical (unpaired) electrons. The third-order valence-corrected chi connectivity index (χ3v) is 1.97. The molecule has 0 aliphatic heterocycles. The van der Waals surface area contributed by atoms with Crippen LogP contribution in [0.15, 0.2) is 12.4 Å². The Morgan fingerprint density at radius 2 is 2.19 bits per heavy atom. The molecule has 1 aromatic rings. The number of hydrogen-bond donors (Lipinski definition) is 3. The average Bonchev–Trinajstić information content (AvgIpc) is 2.29. The van der Waals surface area contributed by atoms with Crippen molar-refractivity contribution in [3.63, 3.8) is 0 Å². The van der Waals surface area contributed by atoms with Crippen LogP contribution in [0, 0.1) is 0 Å². The highest BCUT2D eigenvalue weighted by atomic mass is 16.5. The molecule has 0 spiro atoms. The lowest BCUT2D eigenvalue weighted by Gasteiger charge is -2.15. The van der Waals surface area contributed by atoms with Crippen LogP contribution in [0.4, 0.5) is 11.6 Å². The van der Waals surface area contributed by atoms with Gasteiger partial charge in [-0.3, -0.25) is 0 Å². The van der Waals surface area contributed by atoms with Crippen LogP contribution < -0.4 is 10.6 Å². The van der Waals surface area contributed by atoms with Crippen LogP contribution in [0.1, 0.15) is 6.92 Å².